The van der Waals surface area contributed by atoms with Gasteiger partial charge >= 0.3 is 27.3 Å². The summed E-state index contributed by atoms with van der Waals surface area (Å²) >= 11 is 3.26. The molecule has 0 amide bonds. The number of hydrogen-bond acceptors (Lipinski definition) is 10. The predicted octanol–water partition coefficient (Wildman–Crippen LogP) is 4.05. The summed E-state index contributed by atoms with van der Waals surface area (Å²) in [6.45, 7) is 9.00. The monoisotopic (exact) mass is 617 g/mol. The standard InChI is InChI=1S/C21H34BrNO11P2/c1-7-30-36(29,31-8-2)23-19(15-9-11-16(22)12-10-15)35(27,28)34-18(21(26)33-14(5)6)17(24)20(25)32-13(3)4/h9-14,17-19,24H,7-8H2,1-6H3,(H,23,29)(H,27,28)/t17-,18-,19-/m1/s1. The number of hydrogen-bond donors (Lipinski definition) is 3. The number of esters is 2. The SMILES string of the molecule is CCOP(=O)(N[C@@H](c1ccc(Br)cc1)P(=O)(O)O[C@@H](C(=O)OC(C)C)[C@@H](O)C(=O)OC(C)C)OCC. The molecule has 0 saturated heterocycles. The minimum absolute atomic E-state index is 0.0585. The third-order valence-electron chi connectivity index (χ3n) is 4.12. The van der Waals surface area contributed by atoms with Crippen molar-refractivity contribution in [2.45, 2.75) is 71.7 Å². The van der Waals surface area contributed by atoms with E-state index in [-0.39, 0.29) is 18.8 Å². The molecule has 0 spiro atoms. The first-order chi connectivity index (χ1) is 16.7. The van der Waals surface area contributed by atoms with E-state index in [9.17, 15) is 28.7 Å². The Labute approximate surface area is 219 Å². The molecule has 12 nitrogen and oxygen atoms in total. The van der Waals surface area contributed by atoms with Crippen LogP contribution in [-0.4, -0.2) is 59.6 Å². The summed E-state index contributed by atoms with van der Waals surface area (Å²) in [5.74, 6) is -4.31. The Morgan fingerprint density at radius 3 is 1.86 bits per heavy atom. The van der Waals surface area contributed by atoms with Crippen LogP contribution in [0.3, 0.4) is 0 Å². The Hall–Kier alpha value is -1.14. The molecule has 206 valence electrons. The van der Waals surface area contributed by atoms with Crippen molar-refractivity contribution in [3.63, 3.8) is 0 Å². The first kappa shape index (κ1) is 32.9. The van der Waals surface area contributed by atoms with Gasteiger partial charge in [0.2, 0.25) is 6.10 Å². The zero-order chi connectivity index (χ0) is 27.7. The third-order valence-corrected chi connectivity index (χ3v) is 8.23. The van der Waals surface area contributed by atoms with Crippen LogP contribution in [0.2, 0.25) is 0 Å². The van der Waals surface area contributed by atoms with E-state index < -0.39 is 57.5 Å². The lowest BCUT2D eigenvalue weighted by atomic mass is 10.2. The number of ether oxygens (including phenoxy) is 2. The molecule has 0 aromatic heterocycles. The van der Waals surface area contributed by atoms with E-state index in [2.05, 4.69) is 21.0 Å². The van der Waals surface area contributed by atoms with Gasteiger partial charge in [0.15, 0.2) is 6.10 Å². The van der Waals surface area contributed by atoms with Gasteiger partial charge in [0.05, 0.1) is 25.4 Å². The van der Waals surface area contributed by atoms with Crippen molar-refractivity contribution < 1.29 is 51.8 Å². The summed E-state index contributed by atoms with van der Waals surface area (Å²) in [5.41, 5.74) is 0.110. The summed E-state index contributed by atoms with van der Waals surface area (Å²) in [7, 11) is -9.24. The Bertz CT molecular complexity index is 948. The largest absolute Gasteiger partial charge is 0.461 e. The number of nitrogens with one attached hydrogen (secondary N) is 1. The van der Waals surface area contributed by atoms with Gasteiger partial charge in [-0.2, -0.15) is 0 Å². The lowest BCUT2D eigenvalue weighted by Crippen LogP contribution is -2.44. The third kappa shape index (κ3) is 10.3. The van der Waals surface area contributed by atoms with E-state index in [1.807, 2.05) is 0 Å². The molecule has 1 aromatic carbocycles. The van der Waals surface area contributed by atoms with E-state index in [4.69, 9.17) is 23.0 Å². The van der Waals surface area contributed by atoms with E-state index in [0.717, 1.165) is 0 Å². The molecule has 1 unspecified atom stereocenters. The summed E-state index contributed by atoms with van der Waals surface area (Å²) in [6.07, 6.45) is -5.90. The predicted molar refractivity (Wildman–Crippen MR) is 134 cm³/mol. The normalized spacial score (nSPS) is 16.3. The maximum Gasteiger partial charge on any atom is 0.406 e. The van der Waals surface area contributed by atoms with Gasteiger partial charge in [-0.3, -0.25) is 18.1 Å². The number of carbonyl (C=O) groups is 2. The molecule has 0 aliphatic heterocycles. The van der Waals surface area contributed by atoms with Crippen molar-refractivity contribution in [3.8, 4) is 0 Å². The first-order valence-corrected chi connectivity index (χ1v) is 15.2. The molecule has 4 atom stereocenters. The van der Waals surface area contributed by atoms with Crippen LogP contribution in [0.1, 0.15) is 52.9 Å². The smallest absolute Gasteiger partial charge is 0.406 e. The number of benzene rings is 1. The highest BCUT2D eigenvalue weighted by atomic mass is 79.9. The molecule has 0 bridgehead atoms. The minimum atomic E-state index is -5.09. The molecule has 1 rings (SSSR count). The summed E-state index contributed by atoms with van der Waals surface area (Å²) in [6, 6.07) is 5.97. The van der Waals surface area contributed by atoms with Gasteiger partial charge in [0, 0.05) is 4.47 Å². The van der Waals surface area contributed by atoms with Crippen molar-refractivity contribution in [2.75, 3.05) is 13.2 Å². The van der Waals surface area contributed by atoms with Gasteiger partial charge in [-0.25, -0.2) is 19.2 Å². The summed E-state index contributed by atoms with van der Waals surface area (Å²) < 4.78 is 52.9. The van der Waals surface area contributed by atoms with Gasteiger partial charge in [0.25, 0.3) is 0 Å². The highest BCUT2D eigenvalue weighted by Gasteiger charge is 2.47. The molecule has 0 saturated carbocycles. The number of halogens is 1. The fourth-order valence-corrected chi connectivity index (χ4v) is 6.58. The molecule has 0 radical (unpaired) electrons. The Balaban J connectivity index is 3.50. The minimum Gasteiger partial charge on any atom is -0.461 e. The first-order valence-electron chi connectivity index (χ1n) is 11.2. The van der Waals surface area contributed by atoms with Crippen LogP contribution in [0.5, 0.6) is 0 Å². The van der Waals surface area contributed by atoms with Crippen molar-refractivity contribution >= 4 is 43.2 Å². The van der Waals surface area contributed by atoms with Crippen molar-refractivity contribution in [1.29, 1.82) is 0 Å². The number of aliphatic hydroxyl groups is 1. The number of rotatable bonds is 15. The van der Waals surface area contributed by atoms with Crippen LogP contribution in [0.25, 0.3) is 0 Å². The molecule has 1 aromatic rings. The Kier molecular flexibility index (Phi) is 13.4. The number of carbonyl (C=O) groups excluding carboxylic acids is 2. The van der Waals surface area contributed by atoms with E-state index in [0.29, 0.717) is 4.47 Å². The molecule has 3 N–H and O–H groups in total. The molecule has 0 heterocycles. The number of aliphatic hydroxyl groups excluding tert-OH is 1. The maximum absolute atomic E-state index is 13.6. The molecule has 0 fully saturated rings. The van der Waals surface area contributed by atoms with Crippen LogP contribution in [-0.2, 0) is 41.8 Å². The molecular formula is C21H34BrNO11P2. The highest BCUT2D eigenvalue weighted by Crippen LogP contribution is 2.61. The average Bonchev–Trinajstić information content (AvgIpc) is 2.75. The fraction of sp³-hybridized carbons (Fsp3) is 0.619. The topological polar surface area (TPSA) is 167 Å². The zero-order valence-electron chi connectivity index (χ0n) is 21.0. The Morgan fingerprint density at radius 1 is 0.944 bits per heavy atom. The summed E-state index contributed by atoms with van der Waals surface area (Å²) in [5, 5.41) is 12.9. The van der Waals surface area contributed by atoms with E-state index in [1.165, 1.54) is 39.8 Å². The van der Waals surface area contributed by atoms with Crippen molar-refractivity contribution in [2.24, 2.45) is 0 Å². The molecule has 36 heavy (non-hydrogen) atoms. The van der Waals surface area contributed by atoms with Gasteiger partial charge in [-0.1, -0.05) is 28.1 Å². The fourth-order valence-electron chi connectivity index (χ4n) is 2.76. The van der Waals surface area contributed by atoms with E-state index >= 15 is 0 Å². The Morgan fingerprint density at radius 2 is 1.42 bits per heavy atom. The molecule has 0 aliphatic carbocycles. The second-order valence-corrected chi connectivity index (χ2v) is 12.5. The lowest BCUT2D eigenvalue weighted by molar-refractivity contribution is -0.175. The average molecular weight is 618 g/mol. The van der Waals surface area contributed by atoms with Crippen molar-refractivity contribution in [1.82, 2.24) is 5.09 Å². The van der Waals surface area contributed by atoms with Crippen molar-refractivity contribution in [3.05, 3.63) is 34.3 Å². The maximum atomic E-state index is 13.6. The van der Waals surface area contributed by atoms with Crippen LogP contribution >= 0.6 is 31.3 Å². The molecule has 0 aliphatic rings. The van der Waals surface area contributed by atoms with Crippen LogP contribution in [0.15, 0.2) is 28.7 Å². The molecular weight excluding hydrogens is 584 g/mol. The van der Waals surface area contributed by atoms with Gasteiger partial charge in [0.1, 0.15) is 5.78 Å². The lowest BCUT2D eigenvalue weighted by Gasteiger charge is -2.30. The van der Waals surface area contributed by atoms with E-state index in [1.54, 1.807) is 26.0 Å². The van der Waals surface area contributed by atoms with Gasteiger partial charge in [-0.15, -0.1) is 0 Å². The second-order valence-electron chi connectivity index (χ2n) is 7.92. The second kappa shape index (κ2) is 14.7. The highest BCUT2D eigenvalue weighted by molar-refractivity contribution is 9.10. The van der Waals surface area contributed by atoms with Crippen LogP contribution < -0.4 is 5.09 Å². The zero-order valence-corrected chi connectivity index (χ0v) is 24.3. The van der Waals surface area contributed by atoms with Gasteiger partial charge < -0.3 is 19.5 Å². The van der Waals surface area contributed by atoms with Crippen LogP contribution in [0, 0.1) is 0 Å². The molecule has 15 heteroatoms. The quantitative estimate of drug-likeness (QED) is 0.191. The van der Waals surface area contributed by atoms with Gasteiger partial charge in [-0.05, 0) is 59.2 Å². The van der Waals surface area contributed by atoms with Crippen LogP contribution in [0.4, 0.5) is 0 Å². The summed E-state index contributed by atoms with van der Waals surface area (Å²) in [4.78, 5) is 36.0.